The van der Waals surface area contributed by atoms with Gasteiger partial charge in [0.2, 0.25) is 5.00 Å². The molecule has 0 radical (unpaired) electrons. The van der Waals surface area contributed by atoms with Crippen molar-refractivity contribution in [2.75, 3.05) is 43.0 Å². The van der Waals surface area contributed by atoms with E-state index in [1.54, 1.807) is 18.0 Å². The Morgan fingerprint density at radius 2 is 2.13 bits per heavy atom. The molecule has 2 aromatic rings. The zero-order chi connectivity index (χ0) is 21.3. The van der Waals surface area contributed by atoms with Crippen molar-refractivity contribution in [2.24, 2.45) is 5.41 Å². The molecule has 2 aliphatic heterocycles. The number of hydrogen-bond donors (Lipinski definition) is 2. The number of hydrogen-bond acceptors (Lipinski definition) is 6. The maximum absolute atomic E-state index is 14.3. The Balaban J connectivity index is 1.53. The van der Waals surface area contributed by atoms with E-state index < -0.39 is 5.00 Å². The number of fused-ring (bicyclic) bond motifs is 1. The van der Waals surface area contributed by atoms with Gasteiger partial charge in [0.1, 0.15) is 6.07 Å². The molecule has 0 bridgehead atoms. The average Bonchev–Trinajstić information content (AvgIpc) is 3.39. The van der Waals surface area contributed by atoms with Gasteiger partial charge in [0.15, 0.2) is 5.17 Å². The molecule has 4 heterocycles. The van der Waals surface area contributed by atoms with Crippen molar-refractivity contribution in [2.45, 2.75) is 37.6 Å². The quantitative estimate of drug-likeness (QED) is 0.576. The first-order chi connectivity index (χ1) is 14.2. The third kappa shape index (κ3) is 3.13. The van der Waals surface area contributed by atoms with E-state index in [2.05, 4.69) is 29.3 Å². The maximum atomic E-state index is 14.3. The molecule has 1 atom stereocenters. The SMILES string of the molecule is Cc1cc(N2CC3(CNC3)C2)cc2c(N(C)C(=N)SC(C)(F)C#N)c(C3CC3)nn12. The van der Waals surface area contributed by atoms with Crippen LogP contribution in [0.4, 0.5) is 15.8 Å². The van der Waals surface area contributed by atoms with Crippen LogP contribution in [0.5, 0.6) is 0 Å². The lowest BCUT2D eigenvalue weighted by Crippen LogP contribution is -2.71. The summed E-state index contributed by atoms with van der Waals surface area (Å²) < 4.78 is 16.2. The summed E-state index contributed by atoms with van der Waals surface area (Å²) in [4.78, 5) is 4.09. The molecule has 0 aromatic carbocycles. The van der Waals surface area contributed by atoms with Gasteiger partial charge < -0.3 is 15.1 Å². The van der Waals surface area contributed by atoms with Crippen molar-refractivity contribution >= 4 is 33.8 Å². The molecule has 30 heavy (non-hydrogen) atoms. The number of rotatable bonds is 4. The molecule has 5 rings (SSSR count). The lowest BCUT2D eigenvalue weighted by atomic mass is 9.74. The molecule has 2 N–H and O–H groups in total. The number of halogens is 1. The highest BCUT2D eigenvalue weighted by atomic mass is 32.2. The molecule has 1 aliphatic carbocycles. The molecular formula is C21H26FN7S. The molecule has 1 unspecified atom stereocenters. The number of thioether (sulfide) groups is 1. The molecule has 2 aromatic heterocycles. The number of anilines is 2. The Labute approximate surface area is 179 Å². The van der Waals surface area contributed by atoms with Gasteiger partial charge in [-0.3, -0.25) is 5.41 Å². The molecule has 0 amide bonds. The summed E-state index contributed by atoms with van der Waals surface area (Å²) in [6, 6.07) is 5.94. The van der Waals surface area contributed by atoms with Gasteiger partial charge in [0.25, 0.3) is 0 Å². The molecule has 3 aliphatic rings. The number of aryl methyl sites for hydroxylation is 1. The van der Waals surface area contributed by atoms with E-state index in [-0.39, 0.29) is 5.17 Å². The van der Waals surface area contributed by atoms with Gasteiger partial charge in [-0.25, -0.2) is 8.91 Å². The van der Waals surface area contributed by atoms with Crippen molar-refractivity contribution in [3.05, 3.63) is 23.5 Å². The van der Waals surface area contributed by atoms with Gasteiger partial charge in [-0.2, -0.15) is 10.4 Å². The average molecular weight is 428 g/mol. The first-order valence-corrected chi connectivity index (χ1v) is 11.1. The number of nitrogens with zero attached hydrogens (tertiary/aromatic N) is 5. The van der Waals surface area contributed by atoms with E-state index in [4.69, 9.17) is 15.8 Å². The fourth-order valence-corrected chi connectivity index (χ4v) is 5.11. The van der Waals surface area contributed by atoms with Crippen LogP contribution in [0, 0.1) is 29.1 Å². The van der Waals surface area contributed by atoms with Gasteiger partial charge in [0, 0.05) is 55.9 Å². The Kier molecular flexibility index (Phi) is 4.32. The topological polar surface area (TPSA) is 83.5 Å². The van der Waals surface area contributed by atoms with E-state index in [1.807, 2.05) is 4.52 Å². The molecule has 3 fully saturated rings. The molecule has 2 saturated heterocycles. The predicted octanol–water partition coefficient (Wildman–Crippen LogP) is 3.24. The van der Waals surface area contributed by atoms with Crippen LogP contribution in [0.1, 0.15) is 37.1 Å². The second-order valence-electron chi connectivity index (χ2n) is 9.11. The zero-order valence-electron chi connectivity index (χ0n) is 17.5. The Bertz CT molecular complexity index is 1070. The van der Waals surface area contributed by atoms with Crippen LogP contribution in [0.25, 0.3) is 5.52 Å². The number of nitrogens with one attached hydrogen (secondary N) is 2. The minimum Gasteiger partial charge on any atom is -0.370 e. The second kappa shape index (κ2) is 6.59. The molecule has 9 heteroatoms. The normalized spacial score (nSPS) is 21.6. The molecule has 1 saturated carbocycles. The fourth-order valence-electron chi connectivity index (χ4n) is 4.48. The van der Waals surface area contributed by atoms with Gasteiger partial charge in [-0.15, -0.1) is 0 Å². The van der Waals surface area contributed by atoms with Crippen molar-refractivity contribution in [1.29, 1.82) is 10.7 Å². The number of alkyl halides is 1. The van der Waals surface area contributed by atoms with E-state index in [9.17, 15) is 4.39 Å². The number of pyridine rings is 1. The smallest absolute Gasteiger partial charge is 0.245 e. The Morgan fingerprint density at radius 3 is 2.70 bits per heavy atom. The lowest BCUT2D eigenvalue weighted by Gasteiger charge is -2.57. The highest BCUT2D eigenvalue weighted by Crippen LogP contribution is 2.47. The van der Waals surface area contributed by atoms with Crippen LogP contribution >= 0.6 is 11.8 Å². The standard InChI is InChI=1S/C21H26FN7S/c1-13-6-15(28-11-21(12-28)9-25-10-21)7-16-18(17(14-4-5-14)26-29(13)16)27(3)19(24)30-20(2,22)8-23/h6-7,14,24-25H,4-5,9-12H2,1-3H3. The monoisotopic (exact) mass is 427 g/mol. The minimum absolute atomic E-state index is 0.00449. The van der Waals surface area contributed by atoms with E-state index in [0.29, 0.717) is 23.1 Å². The van der Waals surface area contributed by atoms with Crippen molar-refractivity contribution < 1.29 is 4.39 Å². The summed E-state index contributed by atoms with van der Waals surface area (Å²) in [5.74, 6) is 0.379. The van der Waals surface area contributed by atoms with Crippen molar-refractivity contribution in [3.8, 4) is 6.07 Å². The van der Waals surface area contributed by atoms with Gasteiger partial charge >= 0.3 is 0 Å². The van der Waals surface area contributed by atoms with Gasteiger partial charge in [0.05, 0.1) is 16.9 Å². The number of nitriles is 1. The van der Waals surface area contributed by atoms with Crippen LogP contribution in [0.3, 0.4) is 0 Å². The van der Waals surface area contributed by atoms with Crippen LogP contribution in [-0.4, -0.2) is 53.0 Å². The summed E-state index contributed by atoms with van der Waals surface area (Å²) >= 11 is 0.625. The Hall–Kier alpha value is -2.31. The molecule has 1 spiro atoms. The minimum atomic E-state index is -2.14. The summed E-state index contributed by atoms with van der Waals surface area (Å²) in [5.41, 5.74) is 5.40. The van der Waals surface area contributed by atoms with Crippen LogP contribution in [0.2, 0.25) is 0 Å². The first kappa shape index (κ1) is 19.6. The Morgan fingerprint density at radius 1 is 1.43 bits per heavy atom. The van der Waals surface area contributed by atoms with E-state index in [0.717, 1.165) is 61.6 Å². The maximum Gasteiger partial charge on any atom is 0.245 e. The van der Waals surface area contributed by atoms with Crippen LogP contribution in [-0.2, 0) is 0 Å². The second-order valence-corrected chi connectivity index (χ2v) is 10.5. The van der Waals surface area contributed by atoms with Gasteiger partial charge in [-0.05, 0) is 50.6 Å². The molecule has 158 valence electrons. The third-order valence-corrected chi connectivity index (χ3v) is 7.35. The van der Waals surface area contributed by atoms with E-state index in [1.165, 1.54) is 12.6 Å². The fraction of sp³-hybridized carbons (Fsp3) is 0.571. The number of amidine groups is 1. The van der Waals surface area contributed by atoms with Crippen molar-refractivity contribution in [3.63, 3.8) is 0 Å². The highest BCUT2D eigenvalue weighted by molar-refractivity contribution is 8.15. The summed E-state index contributed by atoms with van der Waals surface area (Å²) in [6.45, 7) is 7.53. The number of aromatic nitrogens is 2. The molecular weight excluding hydrogens is 401 g/mol. The van der Waals surface area contributed by atoms with Gasteiger partial charge in [-0.1, -0.05) is 0 Å². The molecule has 7 nitrogen and oxygen atoms in total. The zero-order valence-corrected chi connectivity index (χ0v) is 18.3. The summed E-state index contributed by atoms with van der Waals surface area (Å²) in [7, 11) is 1.77. The van der Waals surface area contributed by atoms with E-state index >= 15 is 0 Å². The first-order valence-electron chi connectivity index (χ1n) is 10.3. The van der Waals surface area contributed by atoms with Crippen molar-refractivity contribution in [1.82, 2.24) is 14.9 Å². The van der Waals surface area contributed by atoms with Crippen LogP contribution in [0.15, 0.2) is 12.1 Å². The lowest BCUT2D eigenvalue weighted by molar-refractivity contribution is 0.121. The third-order valence-electron chi connectivity index (χ3n) is 6.41. The highest BCUT2D eigenvalue weighted by Gasteiger charge is 2.47. The largest absolute Gasteiger partial charge is 0.370 e. The summed E-state index contributed by atoms with van der Waals surface area (Å²) in [5, 5.41) is 23.6. The predicted molar refractivity (Wildman–Crippen MR) is 118 cm³/mol. The van der Waals surface area contributed by atoms with Crippen LogP contribution < -0.4 is 15.1 Å². The summed E-state index contributed by atoms with van der Waals surface area (Å²) in [6.07, 6.45) is 2.16.